The number of aryl methyl sites for hydroxylation is 1. The summed E-state index contributed by atoms with van der Waals surface area (Å²) in [6.45, 7) is 7.37. The van der Waals surface area contributed by atoms with Crippen LogP contribution in [-0.4, -0.2) is 52.4 Å². The van der Waals surface area contributed by atoms with Crippen LogP contribution in [0.2, 0.25) is 0 Å². The van der Waals surface area contributed by atoms with Crippen molar-refractivity contribution in [1.29, 1.82) is 0 Å². The fraction of sp³-hybridized carbons (Fsp3) is 0.733. The molecule has 2 fully saturated rings. The summed E-state index contributed by atoms with van der Waals surface area (Å²) in [6.07, 6.45) is 4.79. The van der Waals surface area contributed by atoms with Crippen molar-refractivity contribution in [2.75, 3.05) is 19.6 Å². The lowest BCUT2D eigenvalue weighted by molar-refractivity contribution is 0.0645. The van der Waals surface area contributed by atoms with Crippen LogP contribution >= 0.6 is 11.3 Å². The van der Waals surface area contributed by atoms with E-state index in [9.17, 15) is 4.79 Å². The maximum absolute atomic E-state index is 12.7. The Hall–Kier alpha value is -0.940. The van der Waals surface area contributed by atoms with Gasteiger partial charge in [0.05, 0.1) is 5.01 Å². The predicted octanol–water partition coefficient (Wildman–Crippen LogP) is 2.54. The highest BCUT2D eigenvalue weighted by atomic mass is 32.1. The minimum Gasteiger partial charge on any atom is -0.333 e. The highest BCUT2D eigenvalue weighted by Gasteiger charge is 2.39. The Morgan fingerprint density at radius 3 is 2.80 bits per heavy atom. The third-order valence-corrected chi connectivity index (χ3v) is 5.44. The van der Waals surface area contributed by atoms with E-state index in [1.165, 1.54) is 19.4 Å². The van der Waals surface area contributed by atoms with Gasteiger partial charge < -0.3 is 4.90 Å². The molecule has 0 bridgehead atoms. The van der Waals surface area contributed by atoms with E-state index in [1.54, 1.807) is 11.3 Å². The number of rotatable bonds is 3. The van der Waals surface area contributed by atoms with Gasteiger partial charge in [-0.1, -0.05) is 6.92 Å². The van der Waals surface area contributed by atoms with Gasteiger partial charge in [0.15, 0.2) is 0 Å². The van der Waals surface area contributed by atoms with Crippen LogP contribution in [0.25, 0.3) is 0 Å². The Labute approximate surface area is 124 Å². The molecule has 2 aliphatic heterocycles. The van der Waals surface area contributed by atoms with Gasteiger partial charge in [-0.15, -0.1) is 11.3 Å². The SMILES string of the molecule is CCN1CCC[C@@H]1[C@@H]1CCCN1C(=O)c1csc(C)n1. The van der Waals surface area contributed by atoms with Crippen molar-refractivity contribution >= 4 is 17.2 Å². The zero-order valence-electron chi connectivity index (χ0n) is 12.3. The third-order valence-electron chi connectivity index (χ3n) is 4.66. The van der Waals surface area contributed by atoms with Crippen molar-refractivity contribution < 1.29 is 4.79 Å². The molecule has 0 N–H and O–H groups in total. The number of amides is 1. The molecule has 0 aromatic carbocycles. The number of aromatic nitrogens is 1. The number of likely N-dealkylation sites (N-methyl/N-ethyl adjacent to an activating group) is 1. The predicted molar refractivity (Wildman–Crippen MR) is 81.2 cm³/mol. The first-order valence-electron chi connectivity index (χ1n) is 7.68. The Balaban J connectivity index is 1.77. The summed E-state index contributed by atoms with van der Waals surface area (Å²) >= 11 is 1.56. The fourth-order valence-electron chi connectivity index (χ4n) is 3.73. The van der Waals surface area contributed by atoms with Crippen molar-refractivity contribution in [3.05, 3.63) is 16.1 Å². The van der Waals surface area contributed by atoms with Crippen molar-refractivity contribution in [3.63, 3.8) is 0 Å². The molecule has 20 heavy (non-hydrogen) atoms. The Kier molecular flexibility index (Phi) is 4.08. The first-order chi connectivity index (χ1) is 9.70. The number of carbonyl (C=O) groups excluding carboxylic acids is 1. The summed E-state index contributed by atoms with van der Waals surface area (Å²) < 4.78 is 0. The van der Waals surface area contributed by atoms with E-state index in [0.29, 0.717) is 17.8 Å². The molecule has 3 heterocycles. The van der Waals surface area contributed by atoms with Gasteiger partial charge in [-0.3, -0.25) is 9.69 Å². The second-order valence-corrected chi connectivity index (χ2v) is 6.86. The minimum atomic E-state index is 0.139. The van der Waals surface area contributed by atoms with Crippen LogP contribution in [0.3, 0.4) is 0 Å². The van der Waals surface area contributed by atoms with E-state index < -0.39 is 0 Å². The topological polar surface area (TPSA) is 36.4 Å². The van der Waals surface area contributed by atoms with Crippen molar-refractivity contribution in [2.45, 2.75) is 51.6 Å². The molecule has 3 rings (SSSR count). The van der Waals surface area contributed by atoms with Crippen LogP contribution in [0.5, 0.6) is 0 Å². The van der Waals surface area contributed by atoms with Crippen molar-refractivity contribution in [2.24, 2.45) is 0 Å². The average Bonchev–Trinajstić information content (AvgIpc) is 3.16. The summed E-state index contributed by atoms with van der Waals surface area (Å²) in [5.74, 6) is 0.139. The van der Waals surface area contributed by atoms with Gasteiger partial charge in [0.25, 0.3) is 5.91 Å². The summed E-state index contributed by atoms with van der Waals surface area (Å²) in [5.41, 5.74) is 0.639. The largest absolute Gasteiger partial charge is 0.333 e. The van der Waals surface area contributed by atoms with E-state index in [2.05, 4.69) is 21.7 Å². The lowest BCUT2D eigenvalue weighted by atomic mass is 10.0. The van der Waals surface area contributed by atoms with E-state index in [-0.39, 0.29) is 5.91 Å². The summed E-state index contributed by atoms with van der Waals surface area (Å²) in [7, 11) is 0. The number of hydrogen-bond acceptors (Lipinski definition) is 4. The Morgan fingerprint density at radius 1 is 1.35 bits per heavy atom. The first kappa shape index (κ1) is 14.0. The lowest BCUT2D eigenvalue weighted by Crippen LogP contribution is -2.48. The molecule has 1 aromatic rings. The second kappa shape index (κ2) is 5.82. The van der Waals surface area contributed by atoms with Crippen molar-refractivity contribution in [1.82, 2.24) is 14.8 Å². The molecule has 1 aromatic heterocycles. The third kappa shape index (κ3) is 2.49. The van der Waals surface area contributed by atoms with E-state index in [0.717, 1.165) is 30.9 Å². The number of nitrogens with zero attached hydrogens (tertiary/aromatic N) is 3. The van der Waals surface area contributed by atoms with E-state index in [1.807, 2.05) is 12.3 Å². The molecule has 0 aliphatic carbocycles. The highest BCUT2D eigenvalue weighted by molar-refractivity contribution is 7.09. The van der Waals surface area contributed by atoms with Gasteiger partial charge in [-0.05, 0) is 45.7 Å². The van der Waals surface area contributed by atoms with Crippen LogP contribution in [0.1, 0.15) is 48.1 Å². The van der Waals surface area contributed by atoms with Crippen LogP contribution in [0.4, 0.5) is 0 Å². The molecule has 0 radical (unpaired) electrons. The summed E-state index contributed by atoms with van der Waals surface area (Å²) in [5, 5.41) is 2.87. The summed E-state index contributed by atoms with van der Waals surface area (Å²) in [4.78, 5) is 21.7. The number of carbonyl (C=O) groups is 1. The molecular formula is C15H23N3OS. The number of hydrogen-bond donors (Lipinski definition) is 0. The molecule has 5 heteroatoms. The van der Waals surface area contributed by atoms with Crippen LogP contribution in [0, 0.1) is 6.92 Å². The fourth-order valence-corrected chi connectivity index (χ4v) is 4.32. The maximum atomic E-state index is 12.7. The van der Waals surface area contributed by atoms with Crippen LogP contribution in [0.15, 0.2) is 5.38 Å². The second-order valence-electron chi connectivity index (χ2n) is 5.80. The zero-order valence-corrected chi connectivity index (χ0v) is 13.2. The van der Waals surface area contributed by atoms with Gasteiger partial charge in [0.2, 0.25) is 0 Å². The molecule has 110 valence electrons. The Bertz CT molecular complexity index is 487. The van der Waals surface area contributed by atoms with Crippen molar-refractivity contribution in [3.8, 4) is 0 Å². The highest BCUT2D eigenvalue weighted by Crippen LogP contribution is 2.30. The van der Waals surface area contributed by atoms with E-state index in [4.69, 9.17) is 0 Å². The summed E-state index contributed by atoms with van der Waals surface area (Å²) in [6, 6.07) is 0.957. The van der Waals surface area contributed by atoms with Gasteiger partial charge in [-0.25, -0.2) is 4.98 Å². The average molecular weight is 293 g/mol. The van der Waals surface area contributed by atoms with Crippen LogP contribution < -0.4 is 0 Å². The first-order valence-corrected chi connectivity index (χ1v) is 8.56. The zero-order chi connectivity index (χ0) is 14.1. The number of thiazole rings is 1. The molecule has 2 saturated heterocycles. The normalized spacial score (nSPS) is 27.4. The molecule has 2 aliphatic rings. The molecule has 4 nitrogen and oxygen atoms in total. The monoisotopic (exact) mass is 293 g/mol. The molecule has 0 unspecified atom stereocenters. The molecular weight excluding hydrogens is 270 g/mol. The quantitative estimate of drug-likeness (QED) is 0.859. The standard InChI is InChI=1S/C15H23N3OS/c1-3-17-8-4-6-13(17)14-7-5-9-18(14)15(19)12-10-20-11(2)16-12/h10,13-14H,3-9H2,1-2H3/t13-,14+/m1/s1. The van der Waals surface area contributed by atoms with Gasteiger partial charge in [0.1, 0.15) is 5.69 Å². The van der Waals surface area contributed by atoms with Gasteiger partial charge in [0, 0.05) is 24.0 Å². The molecule has 0 spiro atoms. The lowest BCUT2D eigenvalue weighted by Gasteiger charge is -2.34. The Morgan fingerprint density at radius 2 is 2.10 bits per heavy atom. The van der Waals surface area contributed by atoms with Gasteiger partial charge in [-0.2, -0.15) is 0 Å². The van der Waals surface area contributed by atoms with Gasteiger partial charge >= 0.3 is 0 Å². The smallest absolute Gasteiger partial charge is 0.273 e. The molecule has 1 amide bonds. The molecule has 0 saturated carbocycles. The maximum Gasteiger partial charge on any atom is 0.273 e. The minimum absolute atomic E-state index is 0.139. The van der Waals surface area contributed by atoms with E-state index >= 15 is 0 Å². The van der Waals surface area contributed by atoms with Crippen LogP contribution in [-0.2, 0) is 0 Å². The number of likely N-dealkylation sites (tertiary alicyclic amines) is 2. The molecule has 2 atom stereocenters.